The molecule has 3 aromatic heterocycles. The van der Waals surface area contributed by atoms with E-state index in [4.69, 9.17) is 0 Å². The average molecular weight is 338 g/mol. The number of aromatic amines is 2. The van der Waals surface area contributed by atoms with Crippen LogP contribution >= 0.6 is 0 Å². The Bertz CT molecular complexity index is 1170. The van der Waals surface area contributed by atoms with Gasteiger partial charge in [-0.2, -0.15) is 5.10 Å². The molecule has 0 unspecified atom stereocenters. The third kappa shape index (κ3) is 2.31. The Morgan fingerprint density at radius 1 is 1.04 bits per heavy atom. The molecule has 0 bridgehead atoms. The Kier molecular flexibility index (Phi) is 3.24. The summed E-state index contributed by atoms with van der Waals surface area (Å²) in [5.74, 6) is 0.363. The summed E-state index contributed by atoms with van der Waals surface area (Å²) in [6.07, 6.45) is 1.63. The van der Waals surface area contributed by atoms with Crippen LogP contribution in [0.4, 0.5) is 11.5 Å². The number of nitrogens with one attached hydrogen (secondary N) is 3. The van der Waals surface area contributed by atoms with Crippen LogP contribution in [0.2, 0.25) is 0 Å². The molecule has 126 valence electrons. The van der Waals surface area contributed by atoms with Crippen molar-refractivity contribution in [3.05, 3.63) is 51.3 Å². The minimum absolute atomic E-state index is 0.325. The van der Waals surface area contributed by atoms with Gasteiger partial charge in [-0.3, -0.25) is 24.1 Å². The third-order valence-corrected chi connectivity index (χ3v) is 4.05. The Balaban J connectivity index is 1.74. The van der Waals surface area contributed by atoms with Crippen LogP contribution in [0.15, 0.2) is 40.1 Å². The summed E-state index contributed by atoms with van der Waals surface area (Å²) in [7, 11) is 3.02. The first-order valence-corrected chi connectivity index (χ1v) is 7.44. The zero-order chi connectivity index (χ0) is 17.6. The number of H-pyrrole nitrogens is 2. The molecule has 0 fully saturated rings. The zero-order valence-electron chi connectivity index (χ0n) is 13.4. The lowest BCUT2D eigenvalue weighted by molar-refractivity contribution is 0.708. The summed E-state index contributed by atoms with van der Waals surface area (Å²) in [5, 5.41) is 20.5. The molecule has 3 N–H and O–H groups in total. The second-order valence-corrected chi connectivity index (χ2v) is 5.57. The second kappa shape index (κ2) is 5.44. The number of anilines is 2. The lowest BCUT2D eigenvalue weighted by Crippen LogP contribution is -2.36. The highest BCUT2D eigenvalue weighted by Crippen LogP contribution is 2.23. The van der Waals surface area contributed by atoms with Crippen LogP contribution in [0.25, 0.3) is 22.3 Å². The van der Waals surface area contributed by atoms with Crippen molar-refractivity contribution >= 4 is 22.5 Å². The molecule has 10 nitrogen and oxygen atoms in total. The van der Waals surface area contributed by atoms with Crippen molar-refractivity contribution in [3.8, 4) is 11.3 Å². The lowest BCUT2D eigenvalue weighted by atomic mass is 10.1. The van der Waals surface area contributed by atoms with Crippen molar-refractivity contribution in [2.75, 3.05) is 5.32 Å². The molecular weight excluding hydrogens is 324 g/mol. The van der Waals surface area contributed by atoms with Gasteiger partial charge in [0.15, 0.2) is 5.82 Å². The molecule has 0 saturated heterocycles. The molecule has 25 heavy (non-hydrogen) atoms. The molecule has 0 radical (unpaired) electrons. The summed E-state index contributed by atoms with van der Waals surface area (Å²) < 4.78 is 2.40. The molecule has 0 atom stereocenters. The van der Waals surface area contributed by atoms with Gasteiger partial charge in [0.05, 0.1) is 11.9 Å². The summed E-state index contributed by atoms with van der Waals surface area (Å²) in [4.78, 5) is 24.4. The van der Waals surface area contributed by atoms with Gasteiger partial charge < -0.3 is 5.32 Å². The van der Waals surface area contributed by atoms with Crippen molar-refractivity contribution in [3.63, 3.8) is 0 Å². The zero-order valence-corrected chi connectivity index (χ0v) is 13.4. The maximum Gasteiger partial charge on any atom is 0.332 e. The van der Waals surface area contributed by atoms with Crippen molar-refractivity contribution in [2.24, 2.45) is 14.1 Å². The lowest BCUT2D eigenvalue weighted by Gasteiger charge is -2.06. The summed E-state index contributed by atoms with van der Waals surface area (Å²) in [6, 6.07) is 7.48. The fourth-order valence-corrected chi connectivity index (χ4v) is 2.65. The highest BCUT2D eigenvalue weighted by Gasteiger charge is 2.16. The normalized spacial score (nSPS) is 11.1. The fraction of sp³-hybridized carbons (Fsp3) is 0.133. The number of rotatable bonds is 3. The van der Waals surface area contributed by atoms with Crippen LogP contribution < -0.4 is 16.6 Å². The topological polar surface area (TPSA) is 126 Å². The Hall–Kier alpha value is -3.69. The predicted molar refractivity (Wildman–Crippen MR) is 91.7 cm³/mol. The van der Waals surface area contributed by atoms with E-state index in [1.54, 1.807) is 13.2 Å². The van der Waals surface area contributed by atoms with Gasteiger partial charge >= 0.3 is 5.69 Å². The van der Waals surface area contributed by atoms with Crippen LogP contribution in [0.5, 0.6) is 0 Å². The number of nitrogens with zero attached hydrogens (tertiary/aromatic N) is 5. The minimum atomic E-state index is -0.412. The molecule has 10 heteroatoms. The van der Waals surface area contributed by atoms with Gasteiger partial charge in [-0.05, 0) is 12.1 Å². The quantitative estimate of drug-likeness (QED) is 0.499. The first-order valence-electron chi connectivity index (χ1n) is 7.44. The number of benzene rings is 1. The van der Waals surface area contributed by atoms with Gasteiger partial charge in [-0.15, -0.1) is 5.10 Å². The van der Waals surface area contributed by atoms with Gasteiger partial charge in [-0.25, -0.2) is 4.79 Å². The minimum Gasteiger partial charge on any atom is -0.338 e. The molecular formula is C15H14N8O2. The number of aromatic nitrogens is 7. The van der Waals surface area contributed by atoms with Gasteiger partial charge in [0, 0.05) is 25.3 Å². The van der Waals surface area contributed by atoms with Crippen molar-refractivity contribution < 1.29 is 0 Å². The molecule has 0 aliphatic carbocycles. The molecule has 4 aromatic rings. The van der Waals surface area contributed by atoms with Gasteiger partial charge in [0.2, 0.25) is 0 Å². The predicted octanol–water partition coefficient (Wildman–Crippen LogP) is 0.489. The van der Waals surface area contributed by atoms with E-state index < -0.39 is 11.2 Å². The van der Waals surface area contributed by atoms with Crippen LogP contribution in [0.3, 0.4) is 0 Å². The van der Waals surface area contributed by atoms with E-state index in [0.717, 1.165) is 21.5 Å². The standard InChI is InChI=1S/C15H14N8O2/c1-22-13-11(14(24)23(2)15(22)25)12(19-20-13)17-9-5-3-8(4-6-9)10-7-16-21-18-10/h3-7H,1-2H3,(H,16,18,21)(H2,17,19,20). The average Bonchev–Trinajstić information content (AvgIpc) is 3.29. The molecule has 4 rings (SSSR count). The molecule has 0 amide bonds. The monoisotopic (exact) mass is 338 g/mol. The molecule has 0 spiro atoms. The van der Waals surface area contributed by atoms with Crippen molar-refractivity contribution in [2.45, 2.75) is 0 Å². The summed E-state index contributed by atoms with van der Waals surface area (Å²) in [6.45, 7) is 0. The Morgan fingerprint density at radius 2 is 1.80 bits per heavy atom. The highest BCUT2D eigenvalue weighted by molar-refractivity contribution is 5.88. The number of hydrogen-bond donors (Lipinski definition) is 3. The van der Waals surface area contributed by atoms with Crippen molar-refractivity contribution in [1.29, 1.82) is 0 Å². The van der Waals surface area contributed by atoms with Gasteiger partial charge in [0.25, 0.3) is 5.56 Å². The molecule has 1 aromatic carbocycles. The van der Waals surface area contributed by atoms with E-state index in [2.05, 4.69) is 30.9 Å². The van der Waals surface area contributed by atoms with Crippen LogP contribution in [-0.2, 0) is 14.1 Å². The number of hydrogen-bond acceptors (Lipinski definition) is 6. The maximum atomic E-state index is 12.4. The third-order valence-electron chi connectivity index (χ3n) is 4.05. The SMILES string of the molecule is Cn1c(=O)c2c(Nc3ccc(-c4cnn[nH]4)cc3)n[nH]c2n(C)c1=O. The van der Waals surface area contributed by atoms with Gasteiger partial charge in [-0.1, -0.05) is 17.3 Å². The fourth-order valence-electron chi connectivity index (χ4n) is 2.65. The Labute approximate surface area is 140 Å². The molecule has 0 saturated carbocycles. The van der Waals surface area contributed by atoms with Crippen molar-refractivity contribution in [1.82, 2.24) is 34.7 Å². The maximum absolute atomic E-state index is 12.4. The van der Waals surface area contributed by atoms with Crippen LogP contribution in [0.1, 0.15) is 0 Å². The highest BCUT2D eigenvalue weighted by atomic mass is 16.2. The first kappa shape index (κ1) is 14.9. The van der Waals surface area contributed by atoms with E-state index in [0.29, 0.717) is 16.9 Å². The molecule has 0 aliphatic rings. The van der Waals surface area contributed by atoms with E-state index >= 15 is 0 Å². The van der Waals surface area contributed by atoms with E-state index in [1.807, 2.05) is 24.3 Å². The molecule has 3 heterocycles. The van der Waals surface area contributed by atoms with Crippen LogP contribution in [-0.4, -0.2) is 34.7 Å². The van der Waals surface area contributed by atoms with E-state index in [1.165, 1.54) is 11.6 Å². The van der Waals surface area contributed by atoms with E-state index in [9.17, 15) is 9.59 Å². The van der Waals surface area contributed by atoms with Crippen LogP contribution in [0, 0.1) is 0 Å². The Morgan fingerprint density at radius 3 is 2.48 bits per heavy atom. The summed E-state index contributed by atoms with van der Waals surface area (Å²) >= 11 is 0. The number of fused-ring (bicyclic) bond motifs is 1. The van der Waals surface area contributed by atoms with Gasteiger partial charge in [0.1, 0.15) is 11.0 Å². The summed E-state index contributed by atoms with van der Waals surface area (Å²) in [5.41, 5.74) is 2.04. The smallest absolute Gasteiger partial charge is 0.332 e. The molecule has 0 aliphatic heterocycles. The largest absolute Gasteiger partial charge is 0.338 e. The second-order valence-electron chi connectivity index (χ2n) is 5.57. The first-order chi connectivity index (χ1) is 12.1. The van der Waals surface area contributed by atoms with E-state index in [-0.39, 0.29) is 0 Å². The number of aryl methyl sites for hydroxylation is 1.